The number of nitrogens with zero attached hydrogens (tertiary/aromatic N) is 2. The second-order valence-electron chi connectivity index (χ2n) is 4.62. The van der Waals surface area contributed by atoms with Gasteiger partial charge in [0.15, 0.2) is 0 Å². The van der Waals surface area contributed by atoms with Crippen LogP contribution in [0.5, 0.6) is 0 Å². The molecule has 0 amide bonds. The first-order valence-electron chi connectivity index (χ1n) is 6.31. The van der Waals surface area contributed by atoms with Gasteiger partial charge in [-0.05, 0) is 38.5 Å². The van der Waals surface area contributed by atoms with Crippen LogP contribution in [0.4, 0.5) is 0 Å². The monoisotopic (exact) mass is 271 g/mol. The highest BCUT2D eigenvalue weighted by Crippen LogP contribution is 2.16. The quantitative estimate of drug-likeness (QED) is 0.909. The van der Waals surface area contributed by atoms with E-state index in [-0.39, 0.29) is 0 Å². The van der Waals surface area contributed by atoms with Gasteiger partial charge in [0.1, 0.15) is 11.8 Å². The lowest BCUT2D eigenvalue weighted by Gasteiger charge is -2.13. The molecule has 0 radical (unpaired) electrons. The molecule has 0 spiro atoms. The van der Waals surface area contributed by atoms with Gasteiger partial charge in [-0.1, -0.05) is 6.07 Å². The van der Waals surface area contributed by atoms with Crippen LogP contribution in [0, 0.1) is 18.3 Å². The third-order valence-electron chi connectivity index (χ3n) is 2.94. The van der Waals surface area contributed by atoms with Gasteiger partial charge in [0.25, 0.3) is 0 Å². The molecule has 0 saturated carbocycles. The van der Waals surface area contributed by atoms with E-state index in [2.05, 4.69) is 42.4 Å². The van der Waals surface area contributed by atoms with Crippen LogP contribution in [0.2, 0.25) is 0 Å². The smallest absolute Gasteiger partial charge is 0.144 e. The summed E-state index contributed by atoms with van der Waals surface area (Å²) in [5.41, 5.74) is 1.47. The SMILES string of the molecule is Cc1ccc(CC(C)NCc2cccnc2C#N)s1. The molecule has 0 aliphatic carbocycles. The standard InChI is InChI=1S/C15H17N3S/c1-11(8-14-6-5-12(2)19-14)18-10-13-4-3-7-17-15(13)9-16/h3-7,11,18H,8,10H2,1-2H3. The van der Waals surface area contributed by atoms with E-state index in [1.54, 1.807) is 6.20 Å². The summed E-state index contributed by atoms with van der Waals surface area (Å²) in [7, 11) is 0. The average Bonchev–Trinajstić information content (AvgIpc) is 2.82. The Labute approximate surface area is 117 Å². The molecule has 0 saturated heterocycles. The molecule has 2 heterocycles. The maximum absolute atomic E-state index is 8.98. The van der Waals surface area contributed by atoms with Gasteiger partial charge in [-0.2, -0.15) is 5.26 Å². The molecule has 0 aliphatic heterocycles. The Kier molecular flexibility index (Phi) is 4.67. The van der Waals surface area contributed by atoms with Crippen molar-refractivity contribution >= 4 is 11.3 Å². The van der Waals surface area contributed by atoms with E-state index in [0.717, 1.165) is 12.0 Å². The average molecular weight is 271 g/mol. The summed E-state index contributed by atoms with van der Waals surface area (Å²) in [5.74, 6) is 0. The minimum Gasteiger partial charge on any atom is -0.310 e. The van der Waals surface area contributed by atoms with Gasteiger partial charge >= 0.3 is 0 Å². The first kappa shape index (κ1) is 13.7. The van der Waals surface area contributed by atoms with Crippen LogP contribution in [0.1, 0.15) is 27.9 Å². The minimum atomic E-state index is 0.379. The molecule has 2 rings (SSSR count). The van der Waals surface area contributed by atoms with Crippen molar-refractivity contribution in [3.05, 3.63) is 51.5 Å². The Morgan fingerprint density at radius 1 is 1.42 bits per heavy atom. The molecule has 0 fully saturated rings. The zero-order valence-electron chi connectivity index (χ0n) is 11.2. The molecule has 0 bridgehead atoms. The summed E-state index contributed by atoms with van der Waals surface area (Å²) >= 11 is 1.84. The Bertz CT molecular complexity index is 583. The third-order valence-corrected chi connectivity index (χ3v) is 3.96. The Morgan fingerprint density at radius 2 is 2.26 bits per heavy atom. The second-order valence-corrected chi connectivity index (χ2v) is 5.99. The van der Waals surface area contributed by atoms with E-state index < -0.39 is 0 Å². The van der Waals surface area contributed by atoms with Crippen molar-refractivity contribution in [1.82, 2.24) is 10.3 Å². The molecule has 1 N–H and O–H groups in total. The zero-order valence-corrected chi connectivity index (χ0v) is 12.0. The van der Waals surface area contributed by atoms with E-state index in [0.29, 0.717) is 18.3 Å². The predicted molar refractivity (Wildman–Crippen MR) is 78.0 cm³/mol. The Hall–Kier alpha value is -1.70. The lowest BCUT2D eigenvalue weighted by atomic mass is 10.1. The normalized spacial score (nSPS) is 12.1. The molecule has 0 aliphatic rings. The number of rotatable bonds is 5. The Balaban J connectivity index is 1.90. The van der Waals surface area contributed by atoms with Crippen LogP contribution in [-0.2, 0) is 13.0 Å². The highest BCUT2D eigenvalue weighted by Gasteiger charge is 2.07. The number of nitrogens with one attached hydrogen (secondary N) is 1. The van der Waals surface area contributed by atoms with Crippen molar-refractivity contribution < 1.29 is 0 Å². The summed E-state index contributed by atoms with van der Waals surface area (Å²) < 4.78 is 0. The van der Waals surface area contributed by atoms with E-state index in [1.165, 1.54) is 9.75 Å². The van der Waals surface area contributed by atoms with Crippen molar-refractivity contribution in [2.45, 2.75) is 32.9 Å². The van der Waals surface area contributed by atoms with Gasteiger partial charge in [0.05, 0.1) is 0 Å². The van der Waals surface area contributed by atoms with E-state index in [1.807, 2.05) is 23.5 Å². The minimum absolute atomic E-state index is 0.379. The van der Waals surface area contributed by atoms with Crippen LogP contribution in [0.15, 0.2) is 30.5 Å². The van der Waals surface area contributed by atoms with Gasteiger partial charge in [-0.15, -0.1) is 11.3 Å². The molecule has 98 valence electrons. The topological polar surface area (TPSA) is 48.7 Å². The number of thiophene rings is 1. The molecule has 1 unspecified atom stereocenters. The van der Waals surface area contributed by atoms with Gasteiger partial charge in [-0.25, -0.2) is 4.98 Å². The van der Waals surface area contributed by atoms with Crippen molar-refractivity contribution in [1.29, 1.82) is 5.26 Å². The summed E-state index contributed by atoms with van der Waals surface area (Å²) in [6, 6.07) is 10.7. The summed E-state index contributed by atoms with van der Waals surface area (Å²) in [5, 5.41) is 12.4. The van der Waals surface area contributed by atoms with Crippen molar-refractivity contribution in [3.63, 3.8) is 0 Å². The number of aromatic nitrogens is 1. The molecule has 2 aromatic heterocycles. The van der Waals surface area contributed by atoms with Gasteiger partial charge in [0.2, 0.25) is 0 Å². The Morgan fingerprint density at radius 3 is 2.95 bits per heavy atom. The second kappa shape index (κ2) is 6.46. The van der Waals surface area contributed by atoms with E-state index >= 15 is 0 Å². The molecule has 4 heteroatoms. The molecule has 0 aromatic carbocycles. The molecular formula is C15H17N3S. The summed E-state index contributed by atoms with van der Waals surface area (Å²) in [6.07, 6.45) is 2.67. The molecule has 1 atom stereocenters. The van der Waals surface area contributed by atoms with Crippen LogP contribution in [0.3, 0.4) is 0 Å². The van der Waals surface area contributed by atoms with Crippen molar-refractivity contribution in [2.75, 3.05) is 0 Å². The lowest BCUT2D eigenvalue weighted by molar-refractivity contribution is 0.547. The fourth-order valence-electron chi connectivity index (χ4n) is 1.93. The zero-order chi connectivity index (χ0) is 13.7. The first-order chi connectivity index (χ1) is 9.19. The number of hydrogen-bond donors (Lipinski definition) is 1. The number of nitriles is 1. The first-order valence-corrected chi connectivity index (χ1v) is 7.13. The van der Waals surface area contributed by atoms with Gasteiger partial charge in [-0.3, -0.25) is 0 Å². The number of pyridine rings is 1. The molecular weight excluding hydrogens is 254 g/mol. The number of hydrogen-bond acceptors (Lipinski definition) is 4. The van der Waals surface area contributed by atoms with Crippen LogP contribution in [0.25, 0.3) is 0 Å². The maximum atomic E-state index is 8.98. The maximum Gasteiger partial charge on any atom is 0.144 e. The van der Waals surface area contributed by atoms with E-state index in [9.17, 15) is 0 Å². The van der Waals surface area contributed by atoms with Crippen LogP contribution < -0.4 is 5.32 Å². The summed E-state index contributed by atoms with van der Waals surface area (Å²) in [6.45, 7) is 4.97. The fraction of sp³-hybridized carbons (Fsp3) is 0.333. The molecule has 3 nitrogen and oxygen atoms in total. The highest BCUT2D eigenvalue weighted by molar-refractivity contribution is 7.11. The van der Waals surface area contributed by atoms with Crippen molar-refractivity contribution in [2.24, 2.45) is 0 Å². The van der Waals surface area contributed by atoms with Crippen molar-refractivity contribution in [3.8, 4) is 6.07 Å². The highest BCUT2D eigenvalue weighted by atomic mass is 32.1. The van der Waals surface area contributed by atoms with Crippen LogP contribution >= 0.6 is 11.3 Å². The summed E-state index contributed by atoms with van der Waals surface area (Å²) in [4.78, 5) is 6.80. The largest absolute Gasteiger partial charge is 0.310 e. The third kappa shape index (κ3) is 3.88. The molecule has 2 aromatic rings. The number of aryl methyl sites for hydroxylation is 1. The van der Waals surface area contributed by atoms with Gasteiger partial charge in [0, 0.05) is 34.1 Å². The van der Waals surface area contributed by atoms with Gasteiger partial charge < -0.3 is 5.32 Å². The van der Waals surface area contributed by atoms with E-state index in [4.69, 9.17) is 5.26 Å². The molecule has 19 heavy (non-hydrogen) atoms. The fourth-order valence-corrected chi connectivity index (χ4v) is 2.95. The van der Waals surface area contributed by atoms with Crippen LogP contribution in [-0.4, -0.2) is 11.0 Å². The predicted octanol–water partition coefficient (Wildman–Crippen LogP) is 3.04. The lowest BCUT2D eigenvalue weighted by Crippen LogP contribution is -2.27.